The number of benzene rings is 2. The van der Waals surface area contributed by atoms with E-state index in [1.807, 2.05) is 44.2 Å². The second kappa shape index (κ2) is 8.07. The summed E-state index contributed by atoms with van der Waals surface area (Å²) < 4.78 is 20.0. The summed E-state index contributed by atoms with van der Waals surface area (Å²) in [4.78, 5) is 25.9. The van der Waals surface area contributed by atoms with Gasteiger partial charge in [0.1, 0.15) is 23.2 Å². The molecule has 3 N–H and O–H groups in total. The van der Waals surface area contributed by atoms with Gasteiger partial charge >= 0.3 is 5.97 Å². The normalized spacial score (nSPS) is 25.6. The average Bonchev–Trinajstić information content (AvgIpc) is 3.40. The van der Waals surface area contributed by atoms with Crippen LogP contribution in [-0.4, -0.2) is 51.3 Å². The van der Waals surface area contributed by atoms with Crippen LogP contribution >= 0.6 is 0 Å². The zero-order chi connectivity index (χ0) is 24.2. The van der Waals surface area contributed by atoms with Crippen LogP contribution < -0.4 is 5.32 Å². The molecular weight excluding hydrogens is 439 g/mol. The molecule has 3 aliphatic heterocycles. The van der Waals surface area contributed by atoms with Crippen molar-refractivity contribution in [2.75, 3.05) is 11.9 Å². The largest absolute Gasteiger partial charge is 0.482 e. The molecule has 0 spiro atoms. The lowest BCUT2D eigenvalue weighted by molar-refractivity contribution is -0.142. The van der Waals surface area contributed by atoms with Gasteiger partial charge in [-0.05, 0) is 49.2 Å². The number of anilines is 1. The Morgan fingerprint density at radius 3 is 2.68 bits per heavy atom. The molecule has 8 heteroatoms. The van der Waals surface area contributed by atoms with Gasteiger partial charge in [0.05, 0.1) is 11.7 Å². The molecule has 0 saturated carbocycles. The van der Waals surface area contributed by atoms with Gasteiger partial charge in [0.15, 0.2) is 0 Å². The number of nitrogens with one attached hydrogen (secondary N) is 1. The molecule has 0 aromatic heterocycles. The molecule has 7 nitrogen and oxygen atoms in total. The highest BCUT2D eigenvalue weighted by atomic mass is 19.1. The summed E-state index contributed by atoms with van der Waals surface area (Å²) >= 11 is 0. The molecule has 34 heavy (non-hydrogen) atoms. The van der Waals surface area contributed by atoms with Crippen molar-refractivity contribution < 1.29 is 28.9 Å². The van der Waals surface area contributed by atoms with Crippen LogP contribution in [0, 0.1) is 5.82 Å². The highest BCUT2D eigenvalue weighted by Crippen LogP contribution is 2.44. The smallest absolute Gasteiger partial charge is 0.321 e. The van der Waals surface area contributed by atoms with Crippen molar-refractivity contribution in [3.63, 3.8) is 0 Å². The molecule has 2 aromatic rings. The summed E-state index contributed by atoms with van der Waals surface area (Å²) in [6.07, 6.45) is 1.41. The number of halogens is 1. The van der Waals surface area contributed by atoms with Crippen molar-refractivity contribution in [1.82, 2.24) is 4.90 Å². The van der Waals surface area contributed by atoms with E-state index in [4.69, 9.17) is 4.74 Å². The van der Waals surface area contributed by atoms with Crippen LogP contribution in [0.5, 0.6) is 0 Å². The molecule has 1 fully saturated rings. The lowest BCUT2D eigenvalue weighted by atomic mass is 9.91. The number of likely N-dealkylation sites (tertiary alicyclic amines) is 1. The van der Waals surface area contributed by atoms with Crippen LogP contribution in [-0.2, 0) is 20.9 Å². The summed E-state index contributed by atoms with van der Waals surface area (Å²) in [7, 11) is 0. The van der Waals surface area contributed by atoms with Gasteiger partial charge in [0, 0.05) is 36.3 Å². The molecule has 176 valence electrons. The first-order chi connectivity index (χ1) is 16.1. The fourth-order valence-corrected chi connectivity index (χ4v) is 4.94. The van der Waals surface area contributed by atoms with E-state index in [0.717, 1.165) is 16.7 Å². The maximum Gasteiger partial charge on any atom is 0.321 e. The predicted octanol–water partition coefficient (Wildman–Crippen LogP) is 3.40. The van der Waals surface area contributed by atoms with Crippen LogP contribution in [0.4, 0.5) is 10.1 Å². The zero-order valence-electron chi connectivity index (χ0n) is 18.8. The van der Waals surface area contributed by atoms with Crippen LogP contribution in [0.3, 0.4) is 0 Å². The Hall–Kier alpha value is -3.49. The van der Waals surface area contributed by atoms with E-state index < -0.39 is 29.5 Å². The minimum Gasteiger partial charge on any atom is -0.482 e. The summed E-state index contributed by atoms with van der Waals surface area (Å²) in [5.41, 5.74) is 3.32. The van der Waals surface area contributed by atoms with Crippen molar-refractivity contribution in [2.45, 2.75) is 44.6 Å². The molecule has 0 radical (unpaired) electrons. The Labute approximate surface area is 196 Å². The number of aliphatic carboxylic acids is 1. The number of aliphatic hydroxyl groups is 1. The first kappa shape index (κ1) is 22.3. The number of amides is 1. The number of hydrogen-bond acceptors (Lipinski definition) is 5. The quantitative estimate of drug-likeness (QED) is 0.600. The lowest BCUT2D eigenvalue weighted by Gasteiger charge is -2.24. The number of rotatable bonds is 4. The third-order valence-electron chi connectivity index (χ3n) is 6.58. The molecular formula is C26H25FN2O5. The molecule has 1 saturated heterocycles. The predicted molar refractivity (Wildman–Crippen MR) is 124 cm³/mol. The molecule has 2 aromatic carbocycles. The number of aliphatic hydroxyl groups excluding tert-OH is 1. The molecule has 0 unspecified atom stereocenters. The third kappa shape index (κ3) is 3.89. The Bertz CT molecular complexity index is 1250. The number of β-amino-alcohol motifs (C(OH)–C–C–N with tert-alkyl or cyclic N) is 1. The lowest BCUT2D eigenvalue weighted by Crippen LogP contribution is -2.35. The number of carbonyl (C=O) groups excluding carboxylic acids is 1. The molecule has 0 aliphatic carbocycles. The van der Waals surface area contributed by atoms with Crippen LogP contribution in [0.25, 0.3) is 11.1 Å². The number of ether oxygens (including phenoxy) is 1. The van der Waals surface area contributed by atoms with Crippen molar-refractivity contribution in [1.29, 1.82) is 0 Å². The van der Waals surface area contributed by atoms with Crippen LogP contribution in [0.1, 0.15) is 37.0 Å². The summed E-state index contributed by atoms with van der Waals surface area (Å²) in [5.74, 6) is -1.30. The van der Waals surface area contributed by atoms with Gasteiger partial charge < -0.3 is 20.3 Å². The molecule has 1 amide bonds. The maximum absolute atomic E-state index is 13.8. The van der Waals surface area contributed by atoms with Gasteiger partial charge in [0.2, 0.25) is 0 Å². The number of hydrogen-bond donors (Lipinski definition) is 3. The number of nitrogens with zero attached hydrogens (tertiary/aromatic N) is 1. The number of fused-ring (bicyclic) bond motifs is 1. The van der Waals surface area contributed by atoms with Gasteiger partial charge in [-0.1, -0.05) is 24.3 Å². The van der Waals surface area contributed by atoms with Crippen LogP contribution in [0.2, 0.25) is 0 Å². The van der Waals surface area contributed by atoms with E-state index in [1.165, 1.54) is 18.2 Å². The van der Waals surface area contributed by atoms with E-state index in [-0.39, 0.29) is 12.3 Å². The van der Waals surface area contributed by atoms with Crippen molar-refractivity contribution in [2.24, 2.45) is 0 Å². The highest BCUT2D eigenvalue weighted by molar-refractivity contribution is 6.32. The number of allylic oxidation sites excluding steroid dienone is 1. The van der Waals surface area contributed by atoms with Gasteiger partial charge in [0.25, 0.3) is 5.91 Å². The minimum absolute atomic E-state index is 0.226. The first-order valence-electron chi connectivity index (χ1n) is 11.1. The second-order valence-corrected chi connectivity index (χ2v) is 9.42. The van der Waals surface area contributed by atoms with Crippen LogP contribution in [0.15, 0.2) is 54.3 Å². The molecule has 3 aliphatic rings. The van der Waals surface area contributed by atoms with E-state index in [9.17, 15) is 24.2 Å². The number of carboxylic acid groups (broad SMARTS) is 1. The average molecular weight is 464 g/mol. The summed E-state index contributed by atoms with van der Waals surface area (Å²) in [6, 6.07) is 11.2. The van der Waals surface area contributed by atoms with Gasteiger partial charge in [-0.3, -0.25) is 14.5 Å². The fourth-order valence-electron chi connectivity index (χ4n) is 4.94. The Morgan fingerprint density at radius 1 is 1.24 bits per heavy atom. The third-order valence-corrected chi connectivity index (χ3v) is 6.58. The monoisotopic (exact) mass is 464 g/mol. The van der Waals surface area contributed by atoms with Gasteiger partial charge in [-0.15, -0.1) is 0 Å². The minimum atomic E-state index is -0.929. The fraction of sp³-hybridized carbons (Fsp3) is 0.308. The van der Waals surface area contributed by atoms with E-state index in [1.54, 1.807) is 4.90 Å². The number of carboxylic acids is 1. The standard InChI is InChI=1S/C26H25FN2O5/c1-26(2)19(11-22(34-26)23-18-9-16(27)7-8-20(18)28-24(23)31)15-5-3-14(4-6-15)12-29-13-17(30)10-21(29)25(32)33/h3-9,11,17,21,30H,10,12-13H2,1-2H3,(H,28,31)(H,32,33)/t17-,21+/m1/s1. The van der Waals surface area contributed by atoms with Gasteiger partial charge in [-0.25, -0.2) is 4.39 Å². The topological polar surface area (TPSA) is 99.1 Å². The number of carbonyl (C=O) groups is 2. The SMILES string of the molecule is CC1(C)OC(=C2C(=O)Nc3ccc(F)cc32)C=C1c1ccc(CN2C[C@H](O)C[C@H]2C(=O)O)cc1. The second-order valence-electron chi connectivity index (χ2n) is 9.42. The molecule has 5 rings (SSSR count). The maximum atomic E-state index is 13.8. The highest BCUT2D eigenvalue weighted by Gasteiger charge is 2.38. The van der Waals surface area contributed by atoms with E-state index in [2.05, 4.69) is 5.32 Å². The molecule has 2 atom stereocenters. The zero-order valence-corrected chi connectivity index (χ0v) is 18.8. The Balaban J connectivity index is 1.43. The van der Waals surface area contributed by atoms with E-state index >= 15 is 0 Å². The summed E-state index contributed by atoms with van der Waals surface area (Å²) in [5, 5.41) is 22.0. The molecule has 3 heterocycles. The first-order valence-corrected chi connectivity index (χ1v) is 11.1. The van der Waals surface area contributed by atoms with Crippen molar-refractivity contribution in [3.8, 4) is 0 Å². The Morgan fingerprint density at radius 2 is 1.97 bits per heavy atom. The van der Waals surface area contributed by atoms with Crippen molar-refractivity contribution >= 4 is 28.7 Å². The molecule has 0 bridgehead atoms. The van der Waals surface area contributed by atoms with E-state index in [0.29, 0.717) is 35.7 Å². The van der Waals surface area contributed by atoms with Gasteiger partial charge in [-0.2, -0.15) is 0 Å². The summed E-state index contributed by atoms with van der Waals surface area (Å²) in [6.45, 7) is 4.56. The Kier molecular flexibility index (Phi) is 5.30. The van der Waals surface area contributed by atoms with Crippen molar-refractivity contribution in [3.05, 3.63) is 76.8 Å².